The molecule has 0 N–H and O–H groups in total. The Kier molecular flexibility index (Phi) is 5.06. The highest BCUT2D eigenvalue weighted by atomic mass is 32.2. The van der Waals surface area contributed by atoms with Gasteiger partial charge >= 0.3 is 0 Å². The Labute approximate surface area is 153 Å². The number of hydrogen-bond acceptors (Lipinski definition) is 5. The lowest BCUT2D eigenvalue weighted by Gasteiger charge is -2.13. The number of thiocarbonyl (C=S) groups is 1. The second kappa shape index (κ2) is 7.42. The van der Waals surface area contributed by atoms with Crippen LogP contribution in [0.25, 0.3) is 6.08 Å². The number of anilines is 1. The fourth-order valence-corrected chi connectivity index (χ4v) is 3.49. The number of hydrogen-bond donors (Lipinski definition) is 0. The molecule has 7 heteroatoms. The van der Waals surface area contributed by atoms with E-state index in [4.69, 9.17) is 12.2 Å². The van der Waals surface area contributed by atoms with Gasteiger partial charge in [-0.15, -0.1) is 0 Å². The SMILES string of the molecule is O=C1C(=CC=Cc2ccccc2)SC(=S)N1c1ccc([N+](=O)[O-])cc1. The van der Waals surface area contributed by atoms with Crippen LogP contribution in [0, 0.1) is 10.1 Å². The standard InChI is InChI=1S/C18H12N2O3S2/c21-17-16(8-4-7-13-5-2-1-3-6-13)25-18(24)19(17)14-9-11-15(12-10-14)20(22)23/h1-12H. The molecular weight excluding hydrogens is 356 g/mol. The first-order valence-corrected chi connectivity index (χ1v) is 8.53. The van der Waals surface area contributed by atoms with Crippen LogP contribution in [-0.2, 0) is 4.79 Å². The first kappa shape index (κ1) is 17.1. The summed E-state index contributed by atoms with van der Waals surface area (Å²) < 4.78 is 0.401. The lowest BCUT2D eigenvalue weighted by atomic mass is 10.2. The highest BCUT2D eigenvalue weighted by molar-refractivity contribution is 8.27. The van der Waals surface area contributed by atoms with Gasteiger partial charge in [0.05, 0.1) is 15.5 Å². The van der Waals surface area contributed by atoms with Crippen molar-refractivity contribution in [3.8, 4) is 0 Å². The quantitative estimate of drug-likeness (QED) is 0.343. The van der Waals surface area contributed by atoms with Gasteiger partial charge in [-0.1, -0.05) is 66.5 Å². The molecule has 0 aliphatic carbocycles. The van der Waals surface area contributed by atoms with Crippen molar-refractivity contribution in [3.63, 3.8) is 0 Å². The number of benzene rings is 2. The Morgan fingerprint density at radius 1 is 1.08 bits per heavy atom. The zero-order chi connectivity index (χ0) is 17.8. The molecule has 1 amide bonds. The summed E-state index contributed by atoms with van der Waals surface area (Å²) in [6.45, 7) is 0. The highest BCUT2D eigenvalue weighted by Gasteiger charge is 2.33. The number of rotatable bonds is 4. The molecule has 2 aromatic carbocycles. The number of nitro benzene ring substituents is 1. The second-order valence-electron chi connectivity index (χ2n) is 5.08. The number of nitro groups is 1. The Hall–Kier alpha value is -2.77. The summed E-state index contributed by atoms with van der Waals surface area (Å²) in [6, 6.07) is 15.5. The number of amides is 1. The Bertz CT molecular complexity index is 890. The number of non-ortho nitro benzene ring substituents is 1. The van der Waals surface area contributed by atoms with E-state index in [2.05, 4.69) is 0 Å². The molecule has 5 nitrogen and oxygen atoms in total. The molecule has 3 rings (SSSR count). The third kappa shape index (κ3) is 3.84. The Morgan fingerprint density at radius 2 is 1.76 bits per heavy atom. The van der Waals surface area contributed by atoms with Crippen molar-refractivity contribution >= 4 is 51.7 Å². The van der Waals surface area contributed by atoms with Gasteiger partial charge < -0.3 is 0 Å². The number of thioether (sulfide) groups is 1. The van der Waals surface area contributed by atoms with E-state index in [0.29, 0.717) is 14.9 Å². The largest absolute Gasteiger partial charge is 0.270 e. The van der Waals surface area contributed by atoms with Gasteiger partial charge in [-0.25, -0.2) is 0 Å². The fourth-order valence-electron chi connectivity index (χ4n) is 2.24. The third-order valence-electron chi connectivity index (χ3n) is 3.45. The monoisotopic (exact) mass is 368 g/mol. The summed E-state index contributed by atoms with van der Waals surface area (Å²) in [7, 11) is 0. The topological polar surface area (TPSA) is 63.5 Å². The van der Waals surface area contributed by atoms with Crippen LogP contribution in [0.5, 0.6) is 0 Å². The van der Waals surface area contributed by atoms with Crippen LogP contribution in [-0.4, -0.2) is 15.2 Å². The molecule has 0 radical (unpaired) electrons. The van der Waals surface area contributed by atoms with Gasteiger partial charge in [0, 0.05) is 12.1 Å². The molecule has 0 saturated carbocycles. The maximum absolute atomic E-state index is 12.6. The average Bonchev–Trinajstić information content (AvgIpc) is 2.90. The molecule has 124 valence electrons. The van der Waals surface area contributed by atoms with Crippen molar-refractivity contribution in [1.29, 1.82) is 0 Å². The van der Waals surface area contributed by atoms with Crippen LogP contribution in [0.1, 0.15) is 5.56 Å². The summed E-state index contributed by atoms with van der Waals surface area (Å²) in [6.07, 6.45) is 5.42. The van der Waals surface area contributed by atoms with Gasteiger partial charge in [-0.2, -0.15) is 0 Å². The number of allylic oxidation sites excluding steroid dienone is 2. The molecule has 1 heterocycles. The minimum atomic E-state index is -0.484. The van der Waals surface area contributed by atoms with Crippen LogP contribution < -0.4 is 4.90 Å². The van der Waals surface area contributed by atoms with Crippen LogP contribution in [0.4, 0.5) is 11.4 Å². The number of nitrogens with zero attached hydrogens (tertiary/aromatic N) is 2. The van der Waals surface area contributed by atoms with E-state index in [0.717, 1.165) is 5.56 Å². The highest BCUT2D eigenvalue weighted by Crippen LogP contribution is 2.35. The van der Waals surface area contributed by atoms with Gasteiger partial charge in [-0.05, 0) is 23.8 Å². The van der Waals surface area contributed by atoms with Crippen molar-refractivity contribution in [2.75, 3.05) is 4.90 Å². The van der Waals surface area contributed by atoms with Gasteiger partial charge in [0.15, 0.2) is 4.32 Å². The Morgan fingerprint density at radius 3 is 2.40 bits per heavy atom. The van der Waals surface area contributed by atoms with E-state index in [9.17, 15) is 14.9 Å². The number of carbonyl (C=O) groups is 1. The van der Waals surface area contributed by atoms with Crippen LogP contribution in [0.15, 0.2) is 71.7 Å². The first-order valence-electron chi connectivity index (χ1n) is 7.30. The van der Waals surface area contributed by atoms with Crippen LogP contribution >= 0.6 is 24.0 Å². The van der Waals surface area contributed by atoms with Gasteiger partial charge in [0.1, 0.15) is 0 Å². The maximum atomic E-state index is 12.6. The summed E-state index contributed by atoms with van der Waals surface area (Å²) >= 11 is 6.48. The summed E-state index contributed by atoms with van der Waals surface area (Å²) in [5, 5.41) is 10.7. The Balaban J connectivity index is 1.79. The average molecular weight is 368 g/mol. The van der Waals surface area contributed by atoms with Gasteiger partial charge in [0.2, 0.25) is 0 Å². The zero-order valence-corrected chi connectivity index (χ0v) is 14.5. The minimum absolute atomic E-state index is 0.0319. The molecule has 0 unspecified atom stereocenters. The molecule has 0 spiro atoms. The van der Waals surface area contributed by atoms with E-state index in [1.807, 2.05) is 36.4 Å². The molecule has 1 aliphatic heterocycles. The fraction of sp³-hybridized carbons (Fsp3) is 0. The van der Waals surface area contributed by atoms with Crippen molar-refractivity contribution in [1.82, 2.24) is 0 Å². The van der Waals surface area contributed by atoms with E-state index in [1.54, 1.807) is 12.2 Å². The molecule has 1 aliphatic rings. The molecule has 1 saturated heterocycles. The number of carbonyl (C=O) groups excluding carboxylic acids is 1. The smallest absolute Gasteiger partial charge is 0.268 e. The molecule has 25 heavy (non-hydrogen) atoms. The van der Waals surface area contributed by atoms with Crippen molar-refractivity contribution in [3.05, 3.63) is 87.3 Å². The molecule has 2 aromatic rings. The lowest BCUT2D eigenvalue weighted by Crippen LogP contribution is -2.27. The van der Waals surface area contributed by atoms with E-state index in [1.165, 1.54) is 40.9 Å². The van der Waals surface area contributed by atoms with Crippen molar-refractivity contribution in [2.24, 2.45) is 0 Å². The lowest BCUT2D eigenvalue weighted by molar-refractivity contribution is -0.384. The van der Waals surface area contributed by atoms with Crippen LogP contribution in [0.2, 0.25) is 0 Å². The molecule has 0 aromatic heterocycles. The van der Waals surface area contributed by atoms with E-state index in [-0.39, 0.29) is 11.6 Å². The first-order chi connectivity index (χ1) is 12.1. The second-order valence-corrected chi connectivity index (χ2v) is 6.76. The predicted molar refractivity (Wildman–Crippen MR) is 104 cm³/mol. The molecule has 1 fully saturated rings. The van der Waals surface area contributed by atoms with Crippen molar-refractivity contribution < 1.29 is 9.72 Å². The zero-order valence-electron chi connectivity index (χ0n) is 12.9. The molecular formula is C18H12N2O3S2. The predicted octanol–water partition coefficient (Wildman–Crippen LogP) is 4.56. The van der Waals surface area contributed by atoms with E-state index >= 15 is 0 Å². The summed E-state index contributed by atoms with van der Waals surface area (Å²) in [5.41, 5.74) is 1.52. The molecule has 0 bridgehead atoms. The van der Waals surface area contributed by atoms with Gasteiger partial charge in [0.25, 0.3) is 11.6 Å². The van der Waals surface area contributed by atoms with Crippen LogP contribution in [0.3, 0.4) is 0 Å². The van der Waals surface area contributed by atoms with E-state index < -0.39 is 4.92 Å². The molecule has 0 atom stereocenters. The van der Waals surface area contributed by atoms with Crippen molar-refractivity contribution in [2.45, 2.75) is 0 Å². The maximum Gasteiger partial charge on any atom is 0.270 e. The summed E-state index contributed by atoms with van der Waals surface area (Å²) in [4.78, 5) is 24.7. The third-order valence-corrected chi connectivity index (χ3v) is 4.77. The van der Waals surface area contributed by atoms with Gasteiger partial charge in [-0.3, -0.25) is 19.8 Å². The normalized spacial score (nSPS) is 16.2. The minimum Gasteiger partial charge on any atom is -0.268 e. The summed E-state index contributed by atoms with van der Waals surface area (Å²) in [5.74, 6) is -0.235.